The molecular weight excluding hydrogens is 306 g/mol. The number of carbonyl (C=O) groups excluding carboxylic acids is 1. The van der Waals surface area contributed by atoms with E-state index in [2.05, 4.69) is 10.4 Å². The van der Waals surface area contributed by atoms with Crippen LogP contribution in [-0.2, 0) is 7.05 Å². The topological polar surface area (TPSA) is 83.3 Å². The van der Waals surface area contributed by atoms with E-state index in [0.717, 1.165) is 35.3 Å². The fourth-order valence-corrected chi connectivity index (χ4v) is 3.02. The number of fused-ring (bicyclic) bond motifs is 1. The number of pyridine rings is 1. The van der Waals surface area contributed by atoms with Gasteiger partial charge < -0.3 is 15.3 Å². The zero-order valence-electron chi connectivity index (χ0n) is 14.7. The van der Waals surface area contributed by atoms with E-state index in [4.69, 9.17) is 4.98 Å². The number of hydrogen-bond donors (Lipinski definition) is 2. The second-order valence-electron chi connectivity index (χ2n) is 6.90. The predicted molar refractivity (Wildman–Crippen MR) is 92.1 cm³/mol. The van der Waals surface area contributed by atoms with Crippen molar-refractivity contribution in [2.24, 2.45) is 7.05 Å². The highest BCUT2D eigenvalue weighted by Gasteiger charge is 2.28. The van der Waals surface area contributed by atoms with Crippen molar-refractivity contribution in [3.05, 3.63) is 23.0 Å². The van der Waals surface area contributed by atoms with Gasteiger partial charge in [0.25, 0.3) is 5.91 Å². The van der Waals surface area contributed by atoms with Gasteiger partial charge in [0.1, 0.15) is 0 Å². The summed E-state index contributed by atoms with van der Waals surface area (Å²) in [5, 5.41) is 18.0. The van der Waals surface area contributed by atoms with E-state index < -0.39 is 6.10 Å². The van der Waals surface area contributed by atoms with Crippen LogP contribution in [-0.4, -0.2) is 64.0 Å². The Bertz CT molecular complexity index is 764. The summed E-state index contributed by atoms with van der Waals surface area (Å²) in [6.45, 7) is 2.61. The SMILES string of the molecule is Cc1nn(C)c2nc(C3CC3)cc(C(=O)NCC(O)CN(C)C)c12. The second-order valence-corrected chi connectivity index (χ2v) is 6.90. The predicted octanol–water partition coefficient (Wildman–Crippen LogP) is 0.806. The summed E-state index contributed by atoms with van der Waals surface area (Å²) < 4.78 is 1.73. The van der Waals surface area contributed by atoms with Crippen LogP contribution in [0.3, 0.4) is 0 Å². The normalized spacial score (nSPS) is 15.9. The summed E-state index contributed by atoms with van der Waals surface area (Å²) in [6.07, 6.45) is 1.65. The first-order valence-corrected chi connectivity index (χ1v) is 8.32. The Morgan fingerprint density at radius 1 is 1.50 bits per heavy atom. The van der Waals surface area contributed by atoms with Crippen molar-refractivity contribution in [3.63, 3.8) is 0 Å². The fourth-order valence-electron chi connectivity index (χ4n) is 3.02. The largest absolute Gasteiger partial charge is 0.390 e. The molecule has 0 aromatic carbocycles. The van der Waals surface area contributed by atoms with Crippen LogP contribution in [0.25, 0.3) is 11.0 Å². The Morgan fingerprint density at radius 2 is 2.21 bits per heavy atom. The molecule has 24 heavy (non-hydrogen) atoms. The third-order valence-corrected chi connectivity index (χ3v) is 4.30. The van der Waals surface area contributed by atoms with Gasteiger partial charge in [-0.1, -0.05) is 0 Å². The maximum atomic E-state index is 12.7. The van der Waals surface area contributed by atoms with Gasteiger partial charge in [-0.2, -0.15) is 5.10 Å². The van der Waals surface area contributed by atoms with Crippen LogP contribution in [0, 0.1) is 6.92 Å². The van der Waals surface area contributed by atoms with Crippen LogP contribution in [0.1, 0.15) is 40.5 Å². The molecule has 0 aliphatic heterocycles. The molecule has 0 bridgehead atoms. The van der Waals surface area contributed by atoms with E-state index in [-0.39, 0.29) is 12.5 Å². The molecule has 1 atom stereocenters. The van der Waals surface area contributed by atoms with E-state index in [1.807, 2.05) is 39.0 Å². The maximum Gasteiger partial charge on any atom is 0.252 e. The molecule has 3 rings (SSSR count). The molecule has 0 spiro atoms. The molecule has 2 aromatic heterocycles. The minimum Gasteiger partial charge on any atom is -0.390 e. The van der Waals surface area contributed by atoms with Gasteiger partial charge in [-0.3, -0.25) is 9.48 Å². The smallest absolute Gasteiger partial charge is 0.252 e. The van der Waals surface area contributed by atoms with E-state index in [1.165, 1.54) is 0 Å². The molecule has 1 saturated carbocycles. The number of amides is 1. The number of aromatic nitrogens is 3. The first-order valence-electron chi connectivity index (χ1n) is 8.32. The Hall–Kier alpha value is -1.99. The number of aryl methyl sites for hydroxylation is 2. The number of hydrogen-bond acceptors (Lipinski definition) is 5. The quantitative estimate of drug-likeness (QED) is 0.818. The molecular formula is C17H25N5O2. The highest BCUT2D eigenvalue weighted by atomic mass is 16.3. The average molecular weight is 331 g/mol. The Balaban J connectivity index is 1.88. The van der Waals surface area contributed by atoms with Crippen molar-refractivity contribution < 1.29 is 9.90 Å². The van der Waals surface area contributed by atoms with Crippen LogP contribution < -0.4 is 5.32 Å². The Morgan fingerprint density at radius 3 is 2.83 bits per heavy atom. The maximum absolute atomic E-state index is 12.7. The number of aliphatic hydroxyl groups is 1. The van der Waals surface area contributed by atoms with Crippen molar-refractivity contribution in [2.45, 2.75) is 31.8 Å². The zero-order valence-corrected chi connectivity index (χ0v) is 14.7. The van der Waals surface area contributed by atoms with Crippen molar-refractivity contribution in [1.82, 2.24) is 25.0 Å². The van der Waals surface area contributed by atoms with E-state index in [0.29, 0.717) is 18.0 Å². The third-order valence-electron chi connectivity index (χ3n) is 4.30. The summed E-state index contributed by atoms with van der Waals surface area (Å²) in [6, 6.07) is 1.89. The standard InChI is InChI=1S/C17H25N5O2/c1-10-15-13(17(24)18-8-12(23)9-21(2)3)7-14(11-5-6-11)19-16(15)22(4)20-10/h7,11-12,23H,5-6,8-9H2,1-4H3,(H,18,24). The molecule has 1 aliphatic rings. The summed E-state index contributed by atoms with van der Waals surface area (Å²) in [4.78, 5) is 19.3. The van der Waals surface area contributed by atoms with Crippen LogP contribution in [0.4, 0.5) is 0 Å². The molecule has 1 fully saturated rings. The lowest BCUT2D eigenvalue weighted by molar-refractivity contribution is 0.0893. The lowest BCUT2D eigenvalue weighted by atomic mass is 10.1. The summed E-state index contributed by atoms with van der Waals surface area (Å²) in [7, 11) is 5.62. The van der Waals surface area contributed by atoms with Gasteiger partial charge in [0.2, 0.25) is 0 Å². The number of carbonyl (C=O) groups is 1. The molecule has 2 N–H and O–H groups in total. The van der Waals surface area contributed by atoms with Gasteiger partial charge in [-0.05, 0) is 39.9 Å². The lowest BCUT2D eigenvalue weighted by Crippen LogP contribution is -2.37. The molecule has 0 saturated heterocycles. The van der Waals surface area contributed by atoms with Crippen molar-refractivity contribution in [1.29, 1.82) is 0 Å². The Labute approximate surface area is 141 Å². The zero-order chi connectivity index (χ0) is 17.4. The molecule has 2 aromatic rings. The molecule has 7 heteroatoms. The van der Waals surface area contributed by atoms with Gasteiger partial charge in [0.15, 0.2) is 5.65 Å². The summed E-state index contributed by atoms with van der Waals surface area (Å²) in [5.41, 5.74) is 3.10. The molecule has 7 nitrogen and oxygen atoms in total. The minimum absolute atomic E-state index is 0.182. The molecule has 1 amide bonds. The van der Waals surface area contributed by atoms with E-state index >= 15 is 0 Å². The summed E-state index contributed by atoms with van der Waals surface area (Å²) >= 11 is 0. The molecule has 1 aliphatic carbocycles. The van der Waals surface area contributed by atoms with Crippen LogP contribution in [0.15, 0.2) is 6.07 Å². The van der Waals surface area contributed by atoms with Crippen molar-refractivity contribution >= 4 is 16.9 Å². The number of aliphatic hydroxyl groups excluding tert-OH is 1. The first kappa shape index (κ1) is 16.9. The second kappa shape index (κ2) is 6.49. The van der Waals surface area contributed by atoms with Gasteiger partial charge in [0.05, 0.1) is 22.7 Å². The number of likely N-dealkylation sites (N-methyl/N-ethyl adjacent to an activating group) is 1. The van der Waals surface area contributed by atoms with Crippen molar-refractivity contribution in [2.75, 3.05) is 27.2 Å². The van der Waals surface area contributed by atoms with Crippen LogP contribution in [0.2, 0.25) is 0 Å². The highest BCUT2D eigenvalue weighted by molar-refractivity contribution is 6.06. The van der Waals surface area contributed by atoms with Gasteiger partial charge in [-0.25, -0.2) is 4.98 Å². The summed E-state index contributed by atoms with van der Waals surface area (Å²) in [5.74, 6) is 0.272. The molecule has 1 unspecified atom stereocenters. The monoisotopic (exact) mass is 331 g/mol. The minimum atomic E-state index is -0.598. The Kier molecular flexibility index (Phi) is 4.56. The average Bonchev–Trinajstić information content (AvgIpc) is 3.31. The van der Waals surface area contributed by atoms with E-state index in [1.54, 1.807) is 4.68 Å². The molecule has 130 valence electrons. The van der Waals surface area contributed by atoms with E-state index in [9.17, 15) is 9.90 Å². The van der Waals surface area contributed by atoms with Crippen LogP contribution >= 0.6 is 0 Å². The number of rotatable bonds is 6. The number of nitrogens with zero attached hydrogens (tertiary/aromatic N) is 4. The van der Waals surface area contributed by atoms with Gasteiger partial charge in [-0.15, -0.1) is 0 Å². The lowest BCUT2D eigenvalue weighted by Gasteiger charge is -2.16. The first-order chi connectivity index (χ1) is 11.4. The highest BCUT2D eigenvalue weighted by Crippen LogP contribution is 2.40. The number of nitrogens with one attached hydrogen (secondary N) is 1. The fraction of sp³-hybridized carbons (Fsp3) is 0.588. The van der Waals surface area contributed by atoms with Crippen LogP contribution in [0.5, 0.6) is 0 Å². The third kappa shape index (κ3) is 3.42. The molecule has 0 radical (unpaired) electrons. The van der Waals surface area contributed by atoms with Gasteiger partial charge >= 0.3 is 0 Å². The van der Waals surface area contributed by atoms with Gasteiger partial charge in [0, 0.05) is 31.7 Å². The van der Waals surface area contributed by atoms with Crippen molar-refractivity contribution in [3.8, 4) is 0 Å². The molecule has 2 heterocycles.